The molecule has 6 nitrogen and oxygen atoms in total. The molecule has 0 fully saturated rings. The van der Waals surface area contributed by atoms with Crippen LogP contribution in [0.3, 0.4) is 0 Å². The number of rotatable bonds is 5. The monoisotopic (exact) mass is 277 g/mol. The van der Waals surface area contributed by atoms with Gasteiger partial charge in [-0.1, -0.05) is 11.2 Å². The number of hydrogen-bond donors (Lipinski definition) is 0. The van der Waals surface area contributed by atoms with Crippen LogP contribution in [-0.4, -0.2) is 15.1 Å². The summed E-state index contributed by atoms with van der Waals surface area (Å²) in [6.45, 7) is 2.35. The van der Waals surface area contributed by atoms with Crippen molar-refractivity contribution in [3.63, 3.8) is 0 Å². The average molecular weight is 277 g/mol. The van der Waals surface area contributed by atoms with E-state index in [0.717, 1.165) is 10.6 Å². The molecule has 0 amide bonds. The van der Waals surface area contributed by atoms with Gasteiger partial charge in [0.05, 0.1) is 11.1 Å². The predicted octanol–water partition coefficient (Wildman–Crippen LogP) is 2.81. The predicted molar refractivity (Wildman–Crippen MR) is 67.3 cm³/mol. The lowest BCUT2D eigenvalue weighted by molar-refractivity contribution is 0.0699. The van der Waals surface area contributed by atoms with Crippen molar-refractivity contribution in [2.24, 2.45) is 0 Å². The minimum absolute atomic E-state index is 0.236. The summed E-state index contributed by atoms with van der Waals surface area (Å²) in [6.07, 6.45) is 1.65. The lowest BCUT2D eigenvalue weighted by Gasteiger charge is -1.95. The number of nitrogens with zero attached hydrogens (tertiary/aromatic N) is 3. The van der Waals surface area contributed by atoms with Gasteiger partial charge in [0.25, 0.3) is 5.89 Å². The van der Waals surface area contributed by atoms with Gasteiger partial charge >= 0.3 is 0 Å². The van der Waals surface area contributed by atoms with Crippen LogP contribution in [0.4, 0.5) is 0 Å². The fraction of sp³-hybridized carbons (Fsp3) is 0.250. The molecule has 0 aromatic carbocycles. The van der Waals surface area contributed by atoms with E-state index in [0.29, 0.717) is 17.6 Å². The summed E-state index contributed by atoms with van der Waals surface area (Å²) < 4.78 is 15.8. The zero-order valence-electron chi connectivity index (χ0n) is 10.2. The highest BCUT2D eigenvalue weighted by molar-refractivity contribution is 7.13. The molecule has 0 N–H and O–H groups in total. The molecule has 0 unspecified atom stereocenters. The van der Waals surface area contributed by atoms with E-state index in [1.807, 2.05) is 24.4 Å². The smallest absolute Gasteiger partial charge is 0.252 e. The molecule has 0 aliphatic carbocycles. The molecule has 0 spiro atoms. The first-order valence-corrected chi connectivity index (χ1v) is 6.55. The van der Waals surface area contributed by atoms with Crippen molar-refractivity contribution in [3.05, 3.63) is 41.3 Å². The SMILES string of the molecule is Cc1cnc(COCc2nc(-c3cccs3)no2)o1. The van der Waals surface area contributed by atoms with Crippen molar-refractivity contribution in [3.8, 4) is 10.7 Å². The first-order valence-electron chi connectivity index (χ1n) is 5.67. The Morgan fingerprint density at radius 2 is 2.21 bits per heavy atom. The molecule has 3 aromatic rings. The standard InChI is InChI=1S/C12H11N3O3S/c1-8-5-13-10(17-8)6-16-7-11-14-12(15-18-11)9-3-2-4-19-9/h2-5H,6-7H2,1H3. The number of hydrogen-bond acceptors (Lipinski definition) is 7. The summed E-state index contributed by atoms with van der Waals surface area (Å²) in [6, 6.07) is 3.88. The average Bonchev–Trinajstić information content (AvgIpc) is 3.09. The van der Waals surface area contributed by atoms with Crippen molar-refractivity contribution in [1.29, 1.82) is 0 Å². The number of ether oxygens (including phenoxy) is 1. The Morgan fingerprint density at radius 1 is 1.32 bits per heavy atom. The summed E-state index contributed by atoms with van der Waals surface area (Å²) in [5.74, 6) is 2.32. The Balaban J connectivity index is 1.56. The Morgan fingerprint density at radius 3 is 2.95 bits per heavy atom. The van der Waals surface area contributed by atoms with E-state index < -0.39 is 0 Å². The van der Waals surface area contributed by atoms with Gasteiger partial charge in [0.15, 0.2) is 0 Å². The Kier molecular flexibility index (Phi) is 3.39. The summed E-state index contributed by atoms with van der Waals surface area (Å²) in [5.41, 5.74) is 0. The van der Waals surface area contributed by atoms with E-state index >= 15 is 0 Å². The van der Waals surface area contributed by atoms with E-state index in [9.17, 15) is 0 Å². The van der Waals surface area contributed by atoms with Crippen LogP contribution < -0.4 is 0 Å². The highest BCUT2D eigenvalue weighted by atomic mass is 32.1. The Hall–Kier alpha value is -1.99. The molecule has 3 rings (SSSR count). The van der Waals surface area contributed by atoms with Gasteiger partial charge in [0, 0.05) is 0 Å². The number of aryl methyl sites for hydroxylation is 1. The highest BCUT2D eigenvalue weighted by Crippen LogP contribution is 2.21. The lowest BCUT2D eigenvalue weighted by atomic mass is 10.4. The van der Waals surface area contributed by atoms with E-state index in [1.165, 1.54) is 0 Å². The number of thiophene rings is 1. The van der Waals surface area contributed by atoms with Crippen LogP contribution in [0.15, 0.2) is 32.6 Å². The van der Waals surface area contributed by atoms with Crippen molar-refractivity contribution >= 4 is 11.3 Å². The molecule has 0 bridgehead atoms. The van der Waals surface area contributed by atoms with Crippen LogP contribution in [0, 0.1) is 6.92 Å². The minimum Gasteiger partial charge on any atom is -0.443 e. The molecule has 0 atom stereocenters. The third kappa shape index (κ3) is 2.88. The second kappa shape index (κ2) is 5.33. The molecule has 7 heteroatoms. The van der Waals surface area contributed by atoms with Gasteiger partial charge in [-0.15, -0.1) is 11.3 Å². The van der Waals surface area contributed by atoms with Gasteiger partial charge in [0.1, 0.15) is 19.0 Å². The van der Waals surface area contributed by atoms with Crippen molar-refractivity contribution in [2.75, 3.05) is 0 Å². The maximum atomic E-state index is 5.40. The highest BCUT2D eigenvalue weighted by Gasteiger charge is 2.10. The number of oxazole rings is 1. The van der Waals surface area contributed by atoms with E-state index in [1.54, 1.807) is 17.5 Å². The second-order valence-corrected chi connectivity index (χ2v) is 4.79. The third-order valence-electron chi connectivity index (χ3n) is 2.33. The fourth-order valence-electron chi connectivity index (χ4n) is 1.51. The van der Waals surface area contributed by atoms with Gasteiger partial charge < -0.3 is 13.7 Å². The zero-order valence-corrected chi connectivity index (χ0v) is 11.0. The molecule has 0 radical (unpaired) electrons. The first kappa shape index (κ1) is 12.1. The zero-order chi connectivity index (χ0) is 13.1. The summed E-state index contributed by atoms with van der Waals surface area (Å²) >= 11 is 1.56. The van der Waals surface area contributed by atoms with Crippen LogP contribution in [-0.2, 0) is 18.0 Å². The fourth-order valence-corrected chi connectivity index (χ4v) is 2.16. The van der Waals surface area contributed by atoms with E-state index in [2.05, 4.69) is 15.1 Å². The summed E-state index contributed by atoms with van der Waals surface area (Å²) in [5, 5.41) is 5.86. The molecule has 0 saturated heterocycles. The molecule has 98 valence electrons. The van der Waals surface area contributed by atoms with Gasteiger partial charge in [-0.25, -0.2) is 4.98 Å². The van der Waals surface area contributed by atoms with Crippen molar-refractivity contribution < 1.29 is 13.7 Å². The van der Waals surface area contributed by atoms with Gasteiger partial charge in [-0.3, -0.25) is 0 Å². The normalized spacial score (nSPS) is 11.0. The third-order valence-corrected chi connectivity index (χ3v) is 3.20. The van der Waals surface area contributed by atoms with Crippen LogP contribution in [0.1, 0.15) is 17.5 Å². The van der Waals surface area contributed by atoms with Crippen LogP contribution in [0.25, 0.3) is 10.7 Å². The van der Waals surface area contributed by atoms with E-state index in [-0.39, 0.29) is 13.2 Å². The molecular weight excluding hydrogens is 266 g/mol. The van der Waals surface area contributed by atoms with Gasteiger partial charge in [0.2, 0.25) is 11.7 Å². The minimum atomic E-state index is 0.236. The largest absolute Gasteiger partial charge is 0.443 e. The molecule has 3 aromatic heterocycles. The maximum Gasteiger partial charge on any atom is 0.252 e. The maximum absolute atomic E-state index is 5.40. The topological polar surface area (TPSA) is 74.2 Å². The summed E-state index contributed by atoms with van der Waals surface area (Å²) in [4.78, 5) is 9.25. The number of aromatic nitrogens is 3. The van der Waals surface area contributed by atoms with Crippen LogP contribution >= 0.6 is 11.3 Å². The molecule has 0 aliphatic heterocycles. The summed E-state index contributed by atoms with van der Waals surface area (Å²) in [7, 11) is 0. The van der Waals surface area contributed by atoms with Crippen LogP contribution in [0.5, 0.6) is 0 Å². The van der Waals surface area contributed by atoms with Gasteiger partial charge in [-0.2, -0.15) is 4.98 Å². The van der Waals surface area contributed by atoms with Crippen molar-refractivity contribution in [1.82, 2.24) is 15.1 Å². The Bertz CT molecular complexity index is 645. The van der Waals surface area contributed by atoms with Crippen LogP contribution in [0.2, 0.25) is 0 Å². The molecule has 0 saturated carbocycles. The quantitative estimate of drug-likeness (QED) is 0.714. The lowest BCUT2D eigenvalue weighted by Crippen LogP contribution is -1.94. The van der Waals surface area contributed by atoms with Gasteiger partial charge in [-0.05, 0) is 18.4 Å². The second-order valence-electron chi connectivity index (χ2n) is 3.85. The first-order chi connectivity index (χ1) is 9.31. The Labute approximate surface area is 113 Å². The van der Waals surface area contributed by atoms with Crippen molar-refractivity contribution in [2.45, 2.75) is 20.1 Å². The molecule has 3 heterocycles. The molecule has 0 aliphatic rings. The molecular formula is C12H11N3O3S. The molecule has 19 heavy (non-hydrogen) atoms. The van der Waals surface area contributed by atoms with E-state index in [4.69, 9.17) is 13.7 Å².